The molecule has 1 aromatic heterocycles. The van der Waals surface area contributed by atoms with Crippen molar-refractivity contribution in [2.24, 2.45) is 0 Å². The number of ether oxygens (including phenoxy) is 1. The number of aryl methyl sites for hydroxylation is 1. The second-order valence-electron chi connectivity index (χ2n) is 9.35. The Labute approximate surface area is 215 Å². The molecule has 0 spiro atoms. The predicted octanol–water partition coefficient (Wildman–Crippen LogP) is 6.60. The molecule has 3 aromatic carbocycles. The maximum atomic E-state index is 12.5. The summed E-state index contributed by atoms with van der Waals surface area (Å²) in [7, 11) is 4.17. The summed E-state index contributed by atoms with van der Waals surface area (Å²) in [6.07, 6.45) is 1.56. The molecule has 36 heavy (non-hydrogen) atoms. The molecule has 1 aliphatic rings. The van der Waals surface area contributed by atoms with Gasteiger partial charge in [-0.05, 0) is 87.4 Å². The van der Waals surface area contributed by atoms with Crippen molar-refractivity contribution in [3.8, 4) is 16.9 Å². The van der Waals surface area contributed by atoms with Gasteiger partial charge in [0.25, 0.3) is 6.01 Å². The Kier molecular flexibility index (Phi) is 6.85. The molecule has 186 valence electrons. The number of piperidine rings is 1. The van der Waals surface area contributed by atoms with Crippen LogP contribution in [-0.2, 0) is 0 Å². The van der Waals surface area contributed by atoms with Crippen molar-refractivity contribution in [1.82, 2.24) is 9.88 Å². The van der Waals surface area contributed by atoms with E-state index in [0.29, 0.717) is 39.6 Å². The van der Waals surface area contributed by atoms with Crippen LogP contribution in [0.5, 0.6) is 5.75 Å². The molecule has 8 heteroatoms. The summed E-state index contributed by atoms with van der Waals surface area (Å²) in [4.78, 5) is 21.6. The topological polar surface area (TPSA) is 70.8 Å². The third-order valence-corrected chi connectivity index (χ3v) is 6.97. The molecule has 2 heterocycles. The monoisotopic (exact) mass is 504 g/mol. The Hall–Kier alpha value is -3.55. The van der Waals surface area contributed by atoms with Gasteiger partial charge in [0.15, 0.2) is 5.58 Å². The van der Waals surface area contributed by atoms with E-state index in [1.807, 2.05) is 50.4 Å². The van der Waals surface area contributed by atoms with Crippen molar-refractivity contribution in [1.29, 1.82) is 0 Å². The maximum Gasteiger partial charge on any atom is 0.417 e. The minimum Gasteiger partial charge on any atom is -0.423 e. The summed E-state index contributed by atoms with van der Waals surface area (Å²) in [5.74, 6) is 0.434. The Bertz CT molecular complexity index is 1380. The van der Waals surface area contributed by atoms with E-state index in [1.54, 1.807) is 24.3 Å². The average molecular weight is 505 g/mol. The Morgan fingerprint density at radius 1 is 1.11 bits per heavy atom. The third-order valence-electron chi connectivity index (χ3n) is 6.66. The number of nitrogens with zero attached hydrogens (tertiary/aromatic N) is 3. The van der Waals surface area contributed by atoms with Gasteiger partial charge in [0, 0.05) is 29.4 Å². The van der Waals surface area contributed by atoms with Crippen molar-refractivity contribution < 1.29 is 13.9 Å². The van der Waals surface area contributed by atoms with Gasteiger partial charge in [-0.2, -0.15) is 4.98 Å². The van der Waals surface area contributed by atoms with Gasteiger partial charge in [-0.15, -0.1) is 0 Å². The van der Waals surface area contributed by atoms with E-state index in [1.165, 1.54) is 0 Å². The number of benzene rings is 3. The van der Waals surface area contributed by atoms with Crippen molar-refractivity contribution in [2.75, 3.05) is 37.4 Å². The summed E-state index contributed by atoms with van der Waals surface area (Å²) in [5, 5.41) is 3.45. The fourth-order valence-corrected chi connectivity index (χ4v) is 4.83. The van der Waals surface area contributed by atoms with E-state index >= 15 is 0 Å². The summed E-state index contributed by atoms with van der Waals surface area (Å²) in [5.41, 5.74) is 4.92. The highest BCUT2D eigenvalue weighted by Crippen LogP contribution is 2.30. The smallest absolute Gasteiger partial charge is 0.417 e. The number of halogens is 1. The molecule has 0 radical (unpaired) electrons. The standard InChI is InChI=1S/C28H29ClN4O3/c1-18-4-10-23(24(29)16-18)19-5-8-22(9-6-19)35-28(34)30-20-7-11-26-25(17-20)31-27(36-26)33(3)21-12-14-32(2)15-13-21/h4-11,16-17,21H,12-15H2,1-3H3,(H,30,34). The molecule has 1 saturated heterocycles. The number of oxazole rings is 1. The number of fused-ring (bicyclic) bond motifs is 1. The first kappa shape index (κ1) is 24.2. The Balaban J connectivity index is 1.23. The van der Waals surface area contributed by atoms with Crippen LogP contribution in [0.1, 0.15) is 18.4 Å². The van der Waals surface area contributed by atoms with Crippen LogP contribution in [0, 0.1) is 6.92 Å². The predicted molar refractivity (Wildman–Crippen MR) is 144 cm³/mol. The van der Waals surface area contributed by atoms with Crippen LogP contribution in [0.15, 0.2) is 65.1 Å². The summed E-state index contributed by atoms with van der Waals surface area (Å²) < 4.78 is 11.4. The Morgan fingerprint density at radius 2 is 1.86 bits per heavy atom. The molecule has 0 unspecified atom stereocenters. The second-order valence-corrected chi connectivity index (χ2v) is 9.75. The van der Waals surface area contributed by atoms with Gasteiger partial charge in [0.1, 0.15) is 11.3 Å². The van der Waals surface area contributed by atoms with E-state index in [4.69, 9.17) is 20.8 Å². The van der Waals surface area contributed by atoms with Crippen LogP contribution in [0.25, 0.3) is 22.2 Å². The van der Waals surface area contributed by atoms with Gasteiger partial charge in [-0.25, -0.2) is 4.79 Å². The quantitative estimate of drug-likeness (QED) is 0.330. The summed E-state index contributed by atoms with van der Waals surface area (Å²) in [6.45, 7) is 4.13. The number of hydrogen-bond donors (Lipinski definition) is 1. The first-order valence-corrected chi connectivity index (χ1v) is 12.4. The molecule has 7 nitrogen and oxygen atoms in total. The molecule has 5 rings (SSSR count). The minimum atomic E-state index is -0.581. The molecule has 1 N–H and O–H groups in total. The van der Waals surface area contributed by atoms with Crippen LogP contribution in [-0.4, -0.2) is 49.2 Å². The van der Waals surface area contributed by atoms with Gasteiger partial charge in [-0.1, -0.05) is 35.9 Å². The van der Waals surface area contributed by atoms with E-state index in [9.17, 15) is 4.79 Å². The van der Waals surface area contributed by atoms with Gasteiger partial charge in [0.2, 0.25) is 0 Å². The fourth-order valence-electron chi connectivity index (χ4n) is 4.49. The zero-order chi connectivity index (χ0) is 25.2. The fraction of sp³-hybridized carbons (Fsp3) is 0.286. The number of hydrogen-bond acceptors (Lipinski definition) is 6. The lowest BCUT2D eigenvalue weighted by atomic mass is 10.0. The van der Waals surface area contributed by atoms with Crippen LogP contribution in [0.4, 0.5) is 16.5 Å². The molecular weight excluding hydrogens is 476 g/mol. The zero-order valence-electron chi connectivity index (χ0n) is 20.6. The number of likely N-dealkylation sites (tertiary alicyclic amines) is 1. The maximum absolute atomic E-state index is 12.5. The number of carbonyl (C=O) groups is 1. The molecule has 1 amide bonds. The molecule has 0 saturated carbocycles. The molecular formula is C28H29ClN4O3. The number of rotatable bonds is 5. The van der Waals surface area contributed by atoms with Gasteiger partial charge in [0.05, 0.1) is 0 Å². The number of nitrogens with one attached hydrogen (secondary N) is 1. The van der Waals surface area contributed by atoms with Crippen molar-refractivity contribution in [2.45, 2.75) is 25.8 Å². The van der Waals surface area contributed by atoms with E-state index in [-0.39, 0.29) is 0 Å². The van der Waals surface area contributed by atoms with E-state index < -0.39 is 6.09 Å². The third kappa shape index (κ3) is 5.32. The van der Waals surface area contributed by atoms with Crippen molar-refractivity contribution in [3.05, 3.63) is 71.2 Å². The van der Waals surface area contributed by atoms with Crippen LogP contribution in [0.3, 0.4) is 0 Å². The summed E-state index contributed by atoms with van der Waals surface area (Å²) >= 11 is 6.37. The minimum absolute atomic E-state index is 0.398. The molecule has 4 aromatic rings. The van der Waals surface area contributed by atoms with Gasteiger partial charge < -0.3 is 19.0 Å². The molecule has 0 bridgehead atoms. The van der Waals surface area contributed by atoms with Gasteiger partial charge >= 0.3 is 6.09 Å². The normalized spacial score (nSPS) is 14.7. The molecule has 0 atom stereocenters. The zero-order valence-corrected chi connectivity index (χ0v) is 21.4. The SMILES string of the molecule is Cc1ccc(-c2ccc(OC(=O)Nc3ccc4oc(N(C)C5CCN(C)CC5)nc4c3)cc2)c(Cl)c1. The second kappa shape index (κ2) is 10.2. The van der Waals surface area contributed by atoms with E-state index in [0.717, 1.165) is 42.6 Å². The molecule has 1 aliphatic heterocycles. The Morgan fingerprint density at radius 3 is 2.58 bits per heavy atom. The highest BCUT2D eigenvalue weighted by Gasteiger charge is 2.24. The lowest BCUT2D eigenvalue weighted by Gasteiger charge is -2.34. The van der Waals surface area contributed by atoms with Gasteiger partial charge in [-0.3, -0.25) is 5.32 Å². The number of anilines is 2. The highest BCUT2D eigenvalue weighted by molar-refractivity contribution is 6.33. The van der Waals surface area contributed by atoms with E-state index in [2.05, 4.69) is 27.1 Å². The number of amides is 1. The van der Waals surface area contributed by atoms with Crippen LogP contribution < -0.4 is 15.0 Å². The number of carbonyl (C=O) groups excluding carboxylic acids is 1. The highest BCUT2D eigenvalue weighted by atomic mass is 35.5. The largest absolute Gasteiger partial charge is 0.423 e. The first-order valence-electron chi connectivity index (χ1n) is 12.0. The lowest BCUT2D eigenvalue weighted by molar-refractivity contribution is 0.215. The first-order chi connectivity index (χ1) is 17.4. The average Bonchev–Trinajstić information content (AvgIpc) is 3.28. The van der Waals surface area contributed by atoms with Crippen LogP contribution >= 0.6 is 11.6 Å². The van der Waals surface area contributed by atoms with Crippen LogP contribution in [0.2, 0.25) is 5.02 Å². The molecule has 1 fully saturated rings. The van der Waals surface area contributed by atoms with Crippen molar-refractivity contribution in [3.63, 3.8) is 0 Å². The lowest BCUT2D eigenvalue weighted by Crippen LogP contribution is -2.42. The molecule has 0 aliphatic carbocycles. The van der Waals surface area contributed by atoms with Crippen molar-refractivity contribution >= 4 is 40.5 Å². The summed E-state index contributed by atoms with van der Waals surface area (Å²) in [6, 6.07) is 19.5. The number of aromatic nitrogens is 1.